The molecule has 0 saturated carbocycles. The molecule has 0 radical (unpaired) electrons. The summed E-state index contributed by atoms with van der Waals surface area (Å²) in [4.78, 5) is 20.9. The van der Waals surface area contributed by atoms with Crippen LogP contribution in [0.2, 0.25) is 0 Å². The van der Waals surface area contributed by atoms with E-state index in [4.69, 9.17) is 0 Å². The van der Waals surface area contributed by atoms with Crippen molar-refractivity contribution in [1.82, 2.24) is 15.3 Å². The minimum atomic E-state index is -0.170. The number of nitrogens with one attached hydrogen (secondary N) is 2. The Bertz CT molecular complexity index is 731. The van der Waals surface area contributed by atoms with E-state index >= 15 is 0 Å². The molecule has 0 atom stereocenters. The lowest BCUT2D eigenvalue weighted by Crippen LogP contribution is -2.26. The highest BCUT2D eigenvalue weighted by atomic mass is 79.9. The van der Waals surface area contributed by atoms with E-state index in [-0.39, 0.29) is 5.91 Å². The highest BCUT2D eigenvalue weighted by Gasteiger charge is 2.11. The summed E-state index contributed by atoms with van der Waals surface area (Å²) in [5, 5.41) is 6.16. The molecule has 0 unspecified atom stereocenters. The third kappa shape index (κ3) is 5.30. The molecule has 128 valence electrons. The second-order valence-corrected chi connectivity index (χ2v) is 7.12. The Hall–Kier alpha value is -1.95. The van der Waals surface area contributed by atoms with Gasteiger partial charge >= 0.3 is 0 Å². The monoisotopic (exact) mass is 390 g/mol. The van der Waals surface area contributed by atoms with E-state index in [0.717, 1.165) is 22.1 Å². The fraction of sp³-hybridized carbons (Fsp3) is 0.389. The van der Waals surface area contributed by atoms with Gasteiger partial charge in [-0.15, -0.1) is 0 Å². The molecule has 1 aromatic carbocycles. The molecule has 0 bridgehead atoms. The highest BCUT2D eigenvalue weighted by Crippen LogP contribution is 2.23. The van der Waals surface area contributed by atoms with Gasteiger partial charge in [-0.1, -0.05) is 29.8 Å². The molecule has 0 aliphatic heterocycles. The summed E-state index contributed by atoms with van der Waals surface area (Å²) in [5.74, 6) is 1.55. The molecular weight excluding hydrogens is 368 g/mol. The zero-order chi connectivity index (χ0) is 17.7. The number of aryl methyl sites for hydroxylation is 2. The lowest BCUT2D eigenvalue weighted by Gasteiger charge is -2.11. The predicted octanol–water partition coefficient (Wildman–Crippen LogP) is 4.38. The molecule has 2 N–H and O–H groups in total. The minimum Gasteiger partial charge on any atom is -0.351 e. The van der Waals surface area contributed by atoms with Crippen LogP contribution in [-0.4, -0.2) is 22.4 Å². The van der Waals surface area contributed by atoms with Gasteiger partial charge in [-0.2, -0.15) is 0 Å². The van der Waals surface area contributed by atoms with Crippen molar-refractivity contribution in [2.75, 3.05) is 11.9 Å². The van der Waals surface area contributed by atoms with Crippen molar-refractivity contribution < 1.29 is 4.79 Å². The van der Waals surface area contributed by atoms with Gasteiger partial charge in [-0.05, 0) is 49.9 Å². The standard InChI is InChI=1S/C18H23BrN4O/c1-11(2)7-8-20-18(24)16-10-17(22-13(4)21-16)23-15-6-5-14(19)9-12(15)3/h5-6,9-11H,7-8H2,1-4H3,(H,20,24)(H,21,22,23). The van der Waals surface area contributed by atoms with E-state index in [2.05, 4.69) is 50.4 Å². The minimum absolute atomic E-state index is 0.170. The molecule has 0 aliphatic carbocycles. The van der Waals surface area contributed by atoms with Gasteiger partial charge in [-0.3, -0.25) is 4.79 Å². The first-order valence-electron chi connectivity index (χ1n) is 8.02. The third-order valence-corrected chi connectivity index (χ3v) is 4.02. The van der Waals surface area contributed by atoms with Crippen LogP contribution in [0.25, 0.3) is 0 Å². The Kier molecular flexibility index (Phi) is 6.31. The molecule has 5 nitrogen and oxygen atoms in total. The predicted molar refractivity (Wildman–Crippen MR) is 101 cm³/mol. The number of anilines is 2. The fourth-order valence-electron chi connectivity index (χ4n) is 2.22. The van der Waals surface area contributed by atoms with E-state index in [1.165, 1.54) is 0 Å². The molecule has 2 aromatic rings. The van der Waals surface area contributed by atoms with E-state index in [1.54, 1.807) is 13.0 Å². The SMILES string of the molecule is Cc1nc(Nc2ccc(Br)cc2C)cc(C(=O)NCCC(C)C)n1. The zero-order valence-electron chi connectivity index (χ0n) is 14.5. The number of carbonyl (C=O) groups is 1. The molecule has 6 heteroatoms. The molecular formula is C18H23BrN4O. The molecule has 2 rings (SSSR count). The number of halogens is 1. The van der Waals surface area contributed by atoms with E-state index in [1.807, 2.05) is 25.1 Å². The van der Waals surface area contributed by atoms with Crippen LogP contribution in [0.4, 0.5) is 11.5 Å². The number of carbonyl (C=O) groups excluding carboxylic acids is 1. The van der Waals surface area contributed by atoms with Crippen LogP contribution >= 0.6 is 15.9 Å². The molecule has 1 heterocycles. The first kappa shape index (κ1) is 18.4. The van der Waals surface area contributed by atoms with Gasteiger partial charge in [0.05, 0.1) is 0 Å². The summed E-state index contributed by atoms with van der Waals surface area (Å²) in [6, 6.07) is 7.64. The van der Waals surface area contributed by atoms with Gasteiger partial charge in [0, 0.05) is 22.8 Å². The van der Waals surface area contributed by atoms with Crippen LogP contribution in [0.5, 0.6) is 0 Å². The molecule has 0 saturated heterocycles. The average molecular weight is 391 g/mol. The summed E-state index contributed by atoms with van der Waals surface area (Å²) in [5.41, 5.74) is 2.41. The Balaban J connectivity index is 2.14. The Morgan fingerprint density at radius 3 is 2.62 bits per heavy atom. The third-order valence-electron chi connectivity index (χ3n) is 3.53. The van der Waals surface area contributed by atoms with Crippen molar-refractivity contribution in [2.45, 2.75) is 34.1 Å². The molecule has 0 spiro atoms. The van der Waals surface area contributed by atoms with Crippen molar-refractivity contribution in [3.63, 3.8) is 0 Å². The fourth-order valence-corrected chi connectivity index (χ4v) is 2.69. The first-order valence-corrected chi connectivity index (χ1v) is 8.81. The summed E-state index contributed by atoms with van der Waals surface area (Å²) < 4.78 is 1.02. The average Bonchev–Trinajstić information content (AvgIpc) is 2.49. The first-order chi connectivity index (χ1) is 11.3. The normalized spacial score (nSPS) is 10.8. The second-order valence-electron chi connectivity index (χ2n) is 6.21. The van der Waals surface area contributed by atoms with Crippen molar-refractivity contribution in [3.05, 3.63) is 45.8 Å². The van der Waals surface area contributed by atoms with Crippen LogP contribution in [-0.2, 0) is 0 Å². The maximum atomic E-state index is 12.3. The van der Waals surface area contributed by atoms with Crippen LogP contribution < -0.4 is 10.6 Å². The van der Waals surface area contributed by atoms with Gasteiger partial charge in [0.2, 0.25) is 0 Å². The number of hydrogen-bond donors (Lipinski definition) is 2. The lowest BCUT2D eigenvalue weighted by atomic mass is 10.1. The Morgan fingerprint density at radius 2 is 1.96 bits per heavy atom. The van der Waals surface area contributed by atoms with Gasteiger partial charge in [-0.25, -0.2) is 9.97 Å². The molecule has 24 heavy (non-hydrogen) atoms. The lowest BCUT2D eigenvalue weighted by molar-refractivity contribution is 0.0946. The number of aromatic nitrogens is 2. The second kappa shape index (κ2) is 8.24. The van der Waals surface area contributed by atoms with Crippen molar-refractivity contribution >= 4 is 33.3 Å². The number of amides is 1. The maximum absolute atomic E-state index is 12.3. The van der Waals surface area contributed by atoms with E-state index in [0.29, 0.717) is 29.8 Å². The van der Waals surface area contributed by atoms with Crippen LogP contribution in [0, 0.1) is 19.8 Å². The van der Waals surface area contributed by atoms with Gasteiger partial charge in [0.25, 0.3) is 5.91 Å². The Labute approximate surface area is 151 Å². The topological polar surface area (TPSA) is 66.9 Å². The highest BCUT2D eigenvalue weighted by molar-refractivity contribution is 9.10. The largest absolute Gasteiger partial charge is 0.351 e. The van der Waals surface area contributed by atoms with Crippen molar-refractivity contribution in [2.24, 2.45) is 5.92 Å². The molecule has 0 aliphatic rings. The van der Waals surface area contributed by atoms with Crippen molar-refractivity contribution in [1.29, 1.82) is 0 Å². The van der Waals surface area contributed by atoms with Gasteiger partial charge in [0.1, 0.15) is 17.3 Å². The quantitative estimate of drug-likeness (QED) is 0.767. The van der Waals surface area contributed by atoms with E-state index in [9.17, 15) is 4.79 Å². The van der Waals surface area contributed by atoms with Crippen molar-refractivity contribution in [3.8, 4) is 0 Å². The summed E-state index contributed by atoms with van der Waals surface area (Å²) in [6.07, 6.45) is 0.943. The number of nitrogens with zero attached hydrogens (tertiary/aromatic N) is 2. The van der Waals surface area contributed by atoms with E-state index < -0.39 is 0 Å². The number of rotatable bonds is 6. The smallest absolute Gasteiger partial charge is 0.270 e. The number of benzene rings is 1. The summed E-state index contributed by atoms with van der Waals surface area (Å²) >= 11 is 3.45. The number of hydrogen-bond acceptors (Lipinski definition) is 4. The maximum Gasteiger partial charge on any atom is 0.270 e. The summed E-state index contributed by atoms with van der Waals surface area (Å²) in [7, 11) is 0. The zero-order valence-corrected chi connectivity index (χ0v) is 16.1. The van der Waals surface area contributed by atoms with Gasteiger partial charge in [0.15, 0.2) is 0 Å². The molecule has 1 aromatic heterocycles. The van der Waals surface area contributed by atoms with Crippen LogP contribution in [0.1, 0.15) is 42.1 Å². The summed E-state index contributed by atoms with van der Waals surface area (Å²) in [6.45, 7) is 8.70. The Morgan fingerprint density at radius 1 is 1.21 bits per heavy atom. The molecule has 0 fully saturated rings. The van der Waals surface area contributed by atoms with Crippen LogP contribution in [0.15, 0.2) is 28.7 Å². The van der Waals surface area contributed by atoms with Gasteiger partial charge < -0.3 is 10.6 Å². The van der Waals surface area contributed by atoms with Crippen LogP contribution in [0.3, 0.4) is 0 Å². The molecule has 1 amide bonds.